The van der Waals surface area contributed by atoms with Crippen LogP contribution in [0, 0.1) is 0 Å². The molecule has 204 valence electrons. The van der Waals surface area contributed by atoms with Gasteiger partial charge in [0.1, 0.15) is 11.8 Å². The molecule has 2 rings (SSSR count). The Hall–Kier alpha value is -2.20. The van der Waals surface area contributed by atoms with E-state index >= 15 is 0 Å². The minimum Gasteiger partial charge on any atom is -0.495 e. The van der Waals surface area contributed by atoms with Crippen molar-refractivity contribution in [3.63, 3.8) is 0 Å². The number of halogens is 3. The molecule has 0 spiro atoms. The molecule has 0 aromatic heterocycles. The predicted octanol–water partition coefficient (Wildman–Crippen LogP) is 5.14. The highest BCUT2D eigenvalue weighted by Gasteiger charge is 2.27. The number of carbonyl (C=O) groups is 2. The number of ether oxygens (including phenoxy) is 1. The first kappa shape index (κ1) is 31.0. The third kappa shape index (κ3) is 8.95. The summed E-state index contributed by atoms with van der Waals surface area (Å²) in [6.45, 7) is 5.49. The Morgan fingerprint density at radius 2 is 1.68 bits per heavy atom. The van der Waals surface area contributed by atoms with E-state index in [1.165, 1.54) is 22.4 Å². The van der Waals surface area contributed by atoms with Gasteiger partial charge in [0.15, 0.2) is 0 Å². The van der Waals surface area contributed by atoms with Gasteiger partial charge in [0.2, 0.25) is 21.8 Å². The van der Waals surface area contributed by atoms with Crippen LogP contribution < -0.4 is 14.4 Å². The number of nitrogens with zero attached hydrogens (tertiary/aromatic N) is 2. The van der Waals surface area contributed by atoms with Crippen LogP contribution >= 0.6 is 34.8 Å². The summed E-state index contributed by atoms with van der Waals surface area (Å²) < 4.78 is 31.3. The Kier molecular flexibility index (Phi) is 11.4. The van der Waals surface area contributed by atoms with Crippen LogP contribution in [0.25, 0.3) is 0 Å². The fourth-order valence-electron chi connectivity index (χ4n) is 3.64. The Labute approximate surface area is 233 Å². The molecule has 2 aromatic carbocycles. The molecule has 0 fully saturated rings. The van der Waals surface area contributed by atoms with Gasteiger partial charge in [0.05, 0.1) is 34.1 Å². The summed E-state index contributed by atoms with van der Waals surface area (Å²) in [5, 5.41) is 3.81. The van der Waals surface area contributed by atoms with Gasteiger partial charge in [-0.3, -0.25) is 13.9 Å². The van der Waals surface area contributed by atoms with Gasteiger partial charge in [-0.05, 0) is 63.1 Å². The summed E-state index contributed by atoms with van der Waals surface area (Å²) in [7, 11) is -2.19. The lowest BCUT2D eigenvalue weighted by Crippen LogP contribution is -2.49. The fraction of sp³-hybridized carbons (Fsp3) is 0.440. The van der Waals surface area contributed by atoms with Crippen molar-refractivity contribution in [2.45, 2.75) is 52.2 Å². The number of rotatable bonds is 12. The summed E-state index contributed by atoms with van der Waals surface area (Å²) in [4.78, 5) is 27.5. The number of hydrogen-bond acceptors (Lipinski definition) is 5. The molecular weight excluding hydrogens is 561 g/mol. The summed E-state index contributed by atoms with van der Waals surface area (Å²) in [5.74, 6) is -0.187. The largest absolute Gasteiger partial charge is 0.495 e. The average molecular weight is 593 g/mol. The SMILES string of the molecule is COc1ccc(N(CCCC(=O)N(Cc2ccc(Cl)c(Cl)c2)C(C)C(=O)NC(C)C)S(C)(=O)=O)cc1Cl. The Morgan fingerprint density at radius 3 is 2.22 bits per heavy atom. The second-order valence-electron chi connectivity index (χ2n) is 8.87. The normalized spacial score (nSPS) is 12.2. The van der Waals surface area contributed by atoms with E-state index in [1.54, 1.807) is 37.3 Å². The van der Waals surface area contributed by atoms with E-state index in [0.29, 0.717) is 27.0 Å². The van der Waals surface area contributed by atoms with E-state index in [1.807, 2.05) is 13.8 Å². The number of nitrogens with one attached hydrogen (secondary N) is 1. The molecule has 1 N–H and O–H groups in total. The minimum atomic E-state index is -3.66. The van der Waals surface area contributed by atoms with Crippen molar-refractivity contribution in [3.05, 3.63) is 57.0 Å². The topological polar surface area (TPSA) is 96.0 Å². The molecule has 12 heteroatoms. The fourth-order valence-corrected chi connectivity index (χ4v) is 5.17. The van der Waals surface area contributed by atoms with Crippen LogP contribution in [0.15, 0.2) is 36.4 Å². The first-order valence-corrected chi connectivity index (χ1v) is 14.6. The number of methoxy groups -OCH3 is 1. The van der Waals surface area contributed by atoms with E-state index in [9.17, 15) is 18.0 Å². The standard InChI is InChI=1S/C25H32Cl3N3O5S/c1-16(2)29-25(33)17(3)30(15-18-8-10-20(26)21(27)13-18)24(32)7-6-12-31(37(5,34)35)19-9-11-23(36-4)22(28)14-19/h8-11,13-14,16-17H,6-7,12,15H2,1-5H3,(H,29,33). The molecular formula is C25H32Cl3N3O5S. The van der Waals surface area contributed by atoms with E-state index < -0.39 is 16.1 Å². The van der Waals surface area contributed by atoms with Gasteiger partial charge >= 0.3 is 0 Å². The molecule has 0 heterocycles. The van der Waals surface area contributed by atoms with Gasteiger partial charge in [-0.2, -0.15) is 0 Å². The van der Waals surface area contributed by atoms with Crippen molar-refractivity contribution in [2.75, 3.05) is 24.2 Å². The Bertz CT molecular complexity index is 1220. The lowest BCUT2D eigenvalue weighted by molar-refractivity contribution is -0.140. The number of benzene rings is 2. The Morgan fingerprint density at radius 1 is 1.00 bits per heavy atom. The molecule has 2 aromatic rings. The predicted molar refractivity (Wildman–Crippen MR) is 149 cm³/mol. The zero-order valence-corrected chi connectivity index (χ0v) is 24.5. The van der Waals surface area contributed by atoms with E-state index in [-0.39, 0.29) is 48.8 Å². The number of amides is 2. The smallest absolute Gasteiger partial charge is 0.242 e. The van der Waals surface area contributed by atoms with Crippen LogP contribution in [0.4, 0.5) is 5.69 Å². The average Bonchev–Trinajstić information content (AvgIpc) is 2.80. The van der Waals surface area contributed by atoms with Crippen molar-refractivity contribution in [1.29, 1.82) is 0 Å². The molecule has 0 saturated heterocycles. The van der Waals surface area contributed by atoms with Gasteiger partial charge in [0.25, 0.3) is 0 Å². The van der Waals surface area contributed by atoms with Crippen molar-refractivity contribution >= 4 is 62.3 Å². The lowest BCUT2D eigenvalue weighted by Gasteiger charge is -2.30. The molecule has 0 radical (unpaired) electrons. The molecule has 0 aliphatic heterocycles. The Balaban J connectivity index is 2.22. The molecule has 2 amide bonds. The molecule has 1 unspecified atom stereocenters. The second-order valence-corrected chi connectivity index (χ2v) is 12.0. The summed E-state index contributed by atoms with van der Waals surface area (Å²) in [5.41, 5.74) is 1.07. The molecule has 37 heavy (non-hydrogen) atoms. The van der Waals surface area contributed by atoms with Crippen molar-refractivity contribution in [3.8, 4) is 5.75 Å². The van der Waals surface area contributed by atoms with Crippen LogP contribution in [0.3, 0.4) is 0 Å². The monoisotopic (exact) mass is 591 g/mol. The zero-order valence-electron chi connectivity index (χ0n) is 21.4. The van der Waals surface area contributed by atoms with Crippen LogP contribution in [0.5, 0.6) is 5.75 Å². The maximum absolute atomic E-state index is 13.3. The van der Waals surface area contributed by atoms with Gasteiger partial charge in [-0.15, -0.1) is 0 Å². The highest BCUT2D eigenvalue weighted by molar-refractivity contribution is 7.92. The molecule has 0 aliphatic carbocycles. The maximum Gasteiger partial charge on any atom is 0.242 e. The van der Waals surface area contributed by atoms with Crippen LogP contribution in [0.1, 0.15) is 39.2 Å². The van der Waals surface area contributed by atoms with E-state index in [0.717, 1.165) is 6.26 Å². The van der Waals surface area contributed by atoms with Gasteiger partial charge < -0.3 is 15.0 Å². The first-order chi connectivity index (χ1) is 17.2. The second kappa shape index (κ2) is 13.6. The van der Waals surface area contributed by atoms with Crippen molar-refractivity contribution < 1.29 is 22.7 Å². The minimum absolute atomic E-state index is 0.0104. The zero-order chi connectivity index (χ0) is 27.9. The third-order valence-corrected chi connectivity index (χ3v) is 7.74. The highest BCUT2D eigenvalue weighted by Crippen LogP contribution is 2.30. The van der Waals surface area contributed by atoms with Crippen LogP contribution in [-0.2, 0) is 26.2 Å². The molecule has 0 aliphatic rings. The van der Waals surface area contributed by atoms with Crippen molar-refractivity contribution in [1.82, 2.24) is 10.2 Å². The first-order valence-electron chi connectivity index (χ1n) is 11.6. The quantitative estimate of drug-likeness (QED) is 0.368. The maximum atomic E-state index is 13.3. The molecule has 8 nitrogen and oxygen atoms in total. The summed E-state index contributed by atoms with van der Waals surface area (Å²) >= 11 is 18.3. The van der Waals surface area contributed by atoms with Crippen LogP contribution in [0.2, 0.25) is 15.1 Å². The van der Waals surface area contributed by atoms with Gasteiger partial charge in [-0.25, -0.2) is 8.42 Å². The summed E-state index contributed by atoms with van der Waals surface area (Å²) in [6, 6.07) is 8.81. The van der Waals surface area contributed by atoms with Crippen LogP contribution in [-0.4, -0.2) is 57.1 Å². The highest BCUT2D eigenvalue weighted by atomic mass is 35.5. The van der Waals surface area contributed by atoms with E-state index in [2.05, 4.69) is 5.32 Å². The summed E-state index contributed by atoms with van der Waals surface area (Å²) in [6.07, 6.45) is 1.31. The van der Waals surface area contributed by atoms with Gasteiger partial charge in [0, 0.05) is 25.6 Å². The molecule has 0 saturated carbocycles. The number of hydrogen-bond donors (Lipinski definition) is 1. The molecule has 1 atom stereocenters. The van der Waals surface area contributed by atoms with E-state index in [4.69, 9.17) is 39.5 Å². The molecule has 0 bridgehead atoms. The third-order valence-electron chi connectivity index (χ3n) is 5.51. The number of sulfonamides is 1. The number of carbonyl (C=O) groups excluding carboxylic acids is 2. The van der Waals surface area contributed by atoms with Gasteiger partial charge in [-0.1, -0.05) is 40.9 Å². The lowest BCUT2D eigenvalue weighted by atomic mass is 10.1. The van der Waals surface area contributed by atoms with Crippen molar-refractivity contribution in [2.24, 2.45) is 0 Å². The number of anilines is 1.